The van der Waals surface area contributed by atoms with Crippen LogP contribution in [0.1, 0.15) is 15.9 Å². The maximum absolute atomic E-state index is 11.9. The molecule has 0 saturated heterocycles. The number of halogens is 1. The van der Waals surface area contributed by atoms with Crippen LogP contribution in [-0.4, -0.2) is 16.0 Å². The van der Waals surface area contributed by atoms with Crippen molar-refractivity contribution in [2.24, 2.45) is 0 Å². The van der Waals surface area contributed by atoms with Crippen LogP contribution in [0.3, 0.4) is 0 Å². The number of amides is 1. The molecule has 0 atom stereocenters. The van der Waals surface area contributed by atoms with Crippen LogP contribution in [0.25, 0.3) is 0 Å². The molecule has 4 nitrogen and oxygen atoms in total. The Kier molecular flexibility index (Phi) is 3.62. The van der Waals surface area contributed by atoms with Gasteiger partial charge in [-0.05, 0) is 52.7 Å². The summed E-state index contributed by atoms with van der Waals surface area (Å²) in [5.41, 5.74) is 1.11. The SMILES string of the molecule is Cc1ccc(C(=O)Nc2ncccc2Br)cc1O. The van der Waals surface area contributed by atoms with Gasteiger partial charge in [-0.1, -0.05) is 6.07 Å². The van der Waals surface area contributed by atoms with Gasteiger partial charge in [0.05, 0.1) is 4.47 Å². The normalized spacial score (nSPS) is 10.1. The van der Waals surface area contributed by atoms with Crippen LogP contribution in [0.2, 0.25) is 0 Å². The Balaban J connectivity index is 2.22. The summed E-state index contributed by atoms with van der Waals surface area (Å²) in [5, 5.41) is 12.2. The Morgan fingerprint density at radius 2 is 2.17 bits per heavy atom. The highest BCUT2D eigenvalue weighted by Crippen LogP contribution is 2.21. The number of anilines is 1. The number of carbonyl (C=O) groups excluding carboxylic acids is 1. The lowest BCUT2D eigenvalue weighted by atomic mass is 10.1. The summed E-state index contributed by atoms with van der Waals surface area (Å²) in [5.74, 6) is 0.231. The van der Waals surface area contributed by atoms with Gasteiger partial charge in [-0.25, -0.2) is 4.98 Å². The van der Waals surface area contributed by atoms with Crippen molar-refractivity contribution in [2.75, 3.05) is 5.32 Å². The average molecular weight is 307 g/mol. The molecule has 0 unspecified atom stereocenters. The number of aryl methyl sites for hydroxylation is 1. The summed E-state index contributed by atoms with van der Waals surface area (Å²) in [6, 6.07) is 8.33. The van der Waals surface area contributed by atoms with Crippen molar-refractivity contribution < 1.29 is 9.90 Å². The first-order valence-electron chi connectivity index (χ1n) is 5.29. The van der Waals surface area contributed by atoms with E-state index in [0.29, 0.717) is 15.9 Å². The van der Waals surface area contributed by atoms with Gasteiger partial charge < -0.3 is 10.4 Å². The lowest BCUT2D eigenvalue weighted by Gasteiger charge is -2.07. The predicted octanol–water partition coefficient (Wildman–Crippen LogP) is 3.11. The Labute approximate surface area is 113 Å². The Bertz CT molecular complexity index is 599. The van der Waals surface area contributed by atoms with Crippen molar-refractivity contribution in [1.82, 2.24) is 4.98 Å². The average Bonchev–Trinajstić information content (AvgIpc) is 2.35. The van der Waals surface area contributed by atoms with Crippen LogP contribution < -0.4 is 5.32 Å². The molecule has 2 rings (SSSR count). The summed E-state index contributed by atoms with van der Waals surface area (Å²) >= 11 is 3.30. The molecule has 2 aromatic rings. The van der Waals surface area contributed by atoms with Gasteiger partial charge in [-0.2, -0.15) is 0 Å². The fourth-order valence-corrected chi connectivity index (χ4v) is 1.76. The third-order valence-electron chi connectivity index (χ3n) is 2.46. The van der Waals surface area contributed by atoms with E-state index in [1.165, 1.54) is 6.07 Å². The molecule has 1 aromatic heterocycles. The standard InChI is InChI=1S/C13H11BrN2O2/c1-8-4-5-9(7-11(8)17)13(18)16-12-10(14)3-2-6-15-12/h2-7,17H,1H3,(H,15,16,18). The summed E-state index contributed by atoms with van der Waals surface area (Å²) in [6.45, 7) is 1.77. The van der Waals surface area contributed by atoms with Crippen LogP contribution in [0, 0.1) is 6.92 Å². The van der Waals surface area contributed by atoms with E-state index in [1.807, 2.05) is 0 Å². The highest BCUT2D eigenvalue weighted by molar-refractivity contribution is 9.10. The third kappa shape index (κ3) is 2.68. The van der Waals surface area contributed by atoms with Gasteiger partial charge in [0.1, 0.15) is 11.6 Å². The molecule has 0 bridgehead atoms. The minimum absolute atomic E-state index is 0.0998. The predicted molar refractivity (Wildman–Crippen MR) is 72.7 cm³/mol. The molecule has 0 aliphatic heterocycles. The minimum Gasteiger partial charge on any atom is -0.508 e. The summed E-state index contributed by atoms with van der Waals surface area (Å²) < 4.78 is 0.703. The fourth-order valence-electron chi connectivity index (χ4n) is 1.41. The zero-order chi connectivity index (χ0) is 13.1. The molecule has 1 heterocycles. The molecule has 0 fully saturated rings. The number of pyridine rings is 1. The smallest absolute Gasteiger partial charge is 0.256 e. The topological polar surface area (TPSA) is 62.2 Å². The van der Waals surface area contributed by atoms with Gasteiger partial charge in [0.2, 0.25) is 0 Å². The second-order valence-electron chi connectivity index (χ2n) is 3.79. The molecule has 1 aromatic carbocycles. The largest absolute Gasteiger partial charge is 0.508 e. The quantitative estimate of drug-likeness (QED) is 0.896. The minimum atomic E-state index is -0.315. The van der Waals surface area contributed by atoms with E-state index in [-0.39, 0.29) is 11.7 Å². The molecule has 0 aliphatic rings. The number of aromatic nitrogens is 1. The van der Waals surface area contributed by atoms with E-state index >= 15 is 0 Å². The highest BCUT2D eigenvalue weighted by atomic mass is 79.9. The maximum Gasteiger partial charge on any atom is 0.256 e. The zero-order valence-corrected chi connectivity index (χ0v) is 11.2. The molecule has 18 heavy (non-hydrogen) atoms. The van der Waals surface area contributed by atoms with Crippen molar-refractivity contribution in [2.45, 2.75) is 6.92 Å². The van der Waals surface area contributed by atoms with E-state index in [2.05, 4.69) is 26.2 Å². The number of phenols is 1. The van der Waals surface area contributed by atoms with Crippen LogP contribution in [0.5, 0.6) is 5.75 Å². The van der Waals surface area contributed by atoms with E-state index in [1.54, 1.807) is 37.4 Å². The fraction of sp³-hybridized carbons (Fsp3) is 0.0769. The molecular formula is C13H11BrN2O2. The zero-order valence-electron chi connectivity index (χ0n) is 9.64. The lowest BCUT2D eigenvalue weighted by Crippen LogP contribution is -2.13. The van der Waals surface area contributed by atoms with Gasteiger partial charge in [0.15, 0.2) is 0 Å². The number of rotatable bonds is 2. The lowest BCUT2D eigenvalue weighted by molar-refractivity contribution is 0.102. The van der Waals surface area contributed by atoms with Crippen molar-refractivity contribution in [3.63, 3.8) is 0 Å². The van der Waals surface area contributed by atoms with Crippen LogP contribution in [0.4, 0.5) is 5.82 Å². The van der Waals surface area contributed by atoms with Crippen molar-refractivity contribution in [3.8, 4) is 5.75 Å². The summed E-state index contributed by atoms with van der Waals surface area (Å²) in [7, 11) is 0. The molecule has 0 aliphatic carbocycles. The van der Waals surface area contributed by atoms with Crippen LogP contribution >= 0.6 is 15.9 Å². The van der Waals surface area contributed by atoms with Gasteiger partial charge in [0, 0.05) is 11.8 Å². The van der Waals surface area contributed by atoms with Crippen molar-refractivity contribution in [1.29, 1.82) is 0 Å². The van der Waals surface area contributed by atoms with Crippen LogP contribution in [-0.2, 0) is 0 Å². The van der Waals surface area contributed by atoms with Crippen molar-refractivity contribution >= 4 is 27.7 Å². The molecule has 92 valence electrons. The number of nitrogens with zero attached hydrogens (tertiary/aromatic N) is 1. The van der Waals surface area contributed by atoms with Crippen molar-refractivity contribution in [3.05, 3.63) is 52.1 Å². The number of hydrogen-bond acceptors (Lipinski definition) is 3. The Morgan fingerprint density at radius 1 is 1.39 bits per heavy atom. The number of aromatic hydroxyl groups is 1. The van der Waals surface area contributed by atoms with Gasteiger partial charge >= 0.3 is 0 Å². The van der Waals surface area contributed by atoms with Gasteiger partial charge in [-0.3, -0.25) is 4.79 Å². The first-order chi connectivity index (χ1) is 8.58. The number of phenolic OH excluding ortho intramolecular Hbond substituents is 1. The first-order valence-corrected chi connectivity index (χ1v) is 6.08. The molecule has 0 radical (unpaired) electrons. The second-order valence-corrected chi connectivity index (χ2v) is 4.64. The Hall–Kier alpha value is -1.88. The molecule has 1 amide bonds. The number of hydrogen-bond donors (Lipinski definition) is 2. The molecule has 2 N–H and O–H groups in total. The highest BCUT2D eigenvalue weighted by Gasteiger charge is 2.10. The number of benzene rings is 1. The summed E-state index contributed by atoms with van der Waals surface area (Å²) in [6.07, 6.45) is 1.59. The van der Waals surface area contributed by atoms with Gasteiger partial charge in [-0.15, -0.1) is 0 Å². The second kappa shape index (κ2) is 5.18. The van der Waals surface area contributed by atoms with E-state index in [4.69, 9.17) is 0 Å². The first kappa shape index (κ1) is 12.6. The van der Waals surface area contributed by atoms with E-state index < -0.39 is 0 Å². The molecular weight excluding hydrogens is 296 g/mol. The monoisotopic (exact) mass is 306 g/mol. The van der Waals surface area contributed by atoms with Crippen LogP contribution in [0.15, 0.2) is 41.0 Å². The molecule has 5 heteroatoms. The maximum atomic E-state index is 11.9. The number of carbonyl (C=O) groups is 1. The number of nitrogens with one attached hydrogen (secondary N) is 1. The van der Waals surface area contributed by atoms with E-state index in [9.17, 15) is 9.90 Å². The molecule has 0 spiro atoms. The molecule has 0 saturated carbocycles. The third-order valence-corrected chi connectivity index (χ3v) is 3.10. The van der Waals surface area contributed by atoms with E-state index in [0.717, 1.165) is 5.56 Å². The Morgan fingerprint density at radius 3 is 2.83 bits per heavy atom. The summed E-state index contributed by atoms with van der Waals surface area (Å²) in [4.78, 5) is 16.0. The van der Waals surface area contributed by atoms with Gasteiger partial charge in [0.25, 0.3) is 5.91 Å².